The highest BCUT2D eigenvalue weighted by Gasteiger charge is 2.30. The summed E-state index contributed by atoms with van der Waals surface area (Å²) in [6.45, 7) is 1.81. The molecule has 0 saturated heterocycles. The number of carbonyl (C=O) groups is 1. The number of nitrogens with zero attached hydrogens (tertiary/aromatic N) is 1. The molecule has 0 N–H and O–H groups in total. The van der Waals surface area contributed by atoms with E-state index in [2.05, 4.69) is 15.9 Å². The Bertz CT molecular complexity index is 555. The molecule has 0 heterocycles. The fourth-order valence-corrected chi connectivity index (χ4v) is 2.53. The number of benzene rings is 1. The van der Waals surface area contributed by atoms with Crippen LogP contribution in [0.15, 0.2) is 21.5 Å². The highest BCUT2D eigenvalue weighted by atomic mass is 79.9. The van der Waals surface area contributed by atoms with Crippen LogP contribution in [0, 0.1) is 11.3 Å². The van der Waals surface area contributed by atoms with Crippen LogP contribution in [-0.2, 0) is 16.0 Å². The molecule has 0 spiro atoms. The van der Waals surface area contributed by atoms with Gasteiger partial charge in [-0.05, 0) is 52.3 Å². The molecule has 0 unspecified atom stereocenters. The Hall–Kier alpha value is -1.20. The van der Waals surface area contributed by atoms with Crippen molar-refractivity contribution in [1.82, 2.24) is 0 Å². The lowest BCUT2D eigenvalue weighted by molar-refractivity contribution is -0.142. The van der Waals surface area contributed by atoms with Gasteiger partial charge in [0.05, 0.1) is 18.6 Å². The van der Waals surface area contributed by atoms with Gasteiger partial charge in [-0.2, -0.15) is 18.4 Å². The average molecular weight is 368 g/mol. The Morgan fingerprint density at radius 3 is 2.65 bits per heavy atom. The Labute approximate surface area is 126 Å². The summed E-state index contributed by atoms with van der Waals surface area (Å²) in [5, 5.41) is 8.92. The van der Waals surface area contributed by atoms with Crippen molar-refractivity contribution in [3.63, 3.8) is 0 Å². The smallest absolute Gasteiger partial charge is 0.446 e. The highest BCUT2D eigenvalue weighted by Crippen LogP contribution is 2.39. The predicted octanol–water partition coefficient (Wildman–Crippen LogP) is 4.04. The number of nitriles is 1. The number of carbonyl (C=O) groups excluding carboxylic acids is 1. The van der Waals surface area contributed by atoms with E-state index in [1.165, 1.54) is 6.07 Å². The molecule has 0 aromatic heterocycles. The maximum absolute atomic E-state index is 12.4. The second-order valence-electron chi connectivity index (χ2n) is 3.59. The Kier molecular flexibility index (Phi) is 5.89. The normalized spacial score (nSPS) is 11.0. The first-order chi connectivity index (χ1) is 9.26. The summed E-state index contributed by atoms with van der Waals surface area (Å²) in [7, 11) is 0. The van der Waals surface area contributed by atoms with Gasteiger partial charge in [0.2, 0.25) is 0 Å². The van der Waals surface area contributed by atoms with Crippen molar-refractivity contribution in [3.05, 3.63) is 27.7 Å². The van der Waals surface area contributed by atoms with Crippen LogP contribution in [0.5, 0.6) is 0 Å². The monoisotopic (exact) mass is 367 g/mol. The van der Waals surface area contributed by atoms with E-state index < -0.39 is 11.5 Å². The summed E-state index contributed by atoms with van der Waals surface area (Å²) in [6, 6.07) is 4.13. The van der Waals surface area contributed by atoms with Crippen LogP contribution in [0.4, 0.5) is 13.2 Å². The van der Waals surface area contributed by atoms with E-state index in [9.17, 15) is 18.0 Å². The minimum atomic E-state index is -4.46. The molecule has 0 atom stereocenters. The number of thioether (sulfide) groups is 1. The van der Waals surface area contributed by atoms with E-state index in [1.807, 2.05) is 0 Å². The van der Waals surface area contributed by atoms with E-state index in [4.69, 9.17) is 10.00 Å². The Morgan fingerprint density at radius 2 is 2.15 bits per heavy atom. The molecule has 0 bridgehead atoms. The molecular weight excluding hydrogens is 359 g/mol. The molecule has 3 nitrogen and oxygen atoms in total. The third-order valence-electron chi connectivity index (χ3n) is 2.12. The van der Waals surface area contributed by atoms with Gasteiger partial charge in [-0.3, -0.25) is 4.79 Å². The SMILES string of the molecule is CCOC(=O)Cc1cc(SC(F)(F)F)cc(C#N)c1Br. The number of hydrogen-bond donors (Lipinski definition) is 0. The Balaban J connectivity index is 3.13. The van der Waals surface area contributed by atoms with Crippen molar-refractivity contribution in [1.29, 1.82) is 5.26 Å². The van der Waals surface area contributed by atoms with Crippen molar-refractivity contribution >= 4 is 33.7 Å². The van der Waals surface area contributed by atoms with E-state index >= 15 is 0 Å². The third kappa shape index (κ3) is 5.06. The average Bonchev–Trinajstić information content (AvgIpc) is 2.31. The zero-order valence-electron chi connectivity index (χ0n) is 10.3. The minimum absolute atomic E-state index is 0.0403. The van der Waals surface area contributed by atoms with E-state index in [0.29, 0.717) is 4.47 Å². The first-order valence-electron chi connectivity index (χ1n) is 5.40. The molecule has 1 aromatic rings. The van der Waals surface area contributed by atoms with Crippen LogP contribution in [-0.4, -0.2) is 18.1 Å². The van der Waals surface area contributed by atoms with Crippen molar-refractivity contribution in [2.75, 3.05) is 6.61 Å². The van der Waals surface area contributed by atoms with Gasteiger partial charge in [0.1, 0.15) is 6.07 Å². The summed E-state index contributed by atoms with van der Waals surface area (Å²) < 4.78 is 42.2. The lowest BCUT2D eigenvalue weighted by Crippen LogP contribution is -2.09. The van der Waals surface area contributed by atoms with Crippen molar-refractivity contribution < 1.29 is 22.7 Å². The molecule has 1 rings (SSSR count). The van der Waals surface area contributed by atoms with Gasteiger partial charge in [0.25, 0.3) is 0 Å². The number of hydrogen-bond acceptors (Lipinski definition) is 4. The number of alkyl halides is 3. The number of halogens is 4. The molecule has 20 heavy (non-hydrogen) atoms. The van der Waals surface area contributed by atoms with Crippen LogP contribution in [0.3, 0.4) is 0 Å². The lowest BCUT2D eigenvalue weighted by Gasteiger charge is -2.10. The first-order valence-corrected chi connectivity index (χ1v) is 7.01. The van der Waals surface area contributed by atoms with Crippen LogP contribution >= 0.6 is 27.7 Å². The molecule has 0 fully saturated rings. The molecule has 0 amide bonds. The molecule has 1 aromatic carbocycles. The van der Waals surface area contributed by atoms with Gasteiger partial charge in [0.15, 0.2) is 0 Å². The molecular formula is C12H9BrF3NO2S. The number of esters is 1. The van der Waals surface area contributed by atoms with Crippen molar-refractivity contribution in [3.8, 4) is 6.07 Å². The van der Waals surface area contributed by atoms with E-state index in [0.717, 1.165) is 6.07 Å². The molecule has 0 aliphatic rings. The molecule has 0 aliphatic heterocycles. The molecule has 0 saturated carbocycles. The van der Waals surface area contributed by atoms with Crippen LogP contribution in [0.25, 0.3) is 0 Å². The van der Waals surface area contributed by atoms with Crippen LogP contribution in [0.1, 0.15) is 18.1 Å². The number of rotatable bonds is 4. The van der Waals surface area contributed by atoms with E-state index in [-0.39, 0.29) is 40.8 Å². The highest BCUT2D eigenvalue weighted by molar-refractivity contribution is 9.10. The van der Waals surface area contributed by atoms with Gasteiger partial charge in [-0.25, -0.2) is 0 Å². The zero-order chi connectivity index (χ0) is 15.3. The van der Waals surface area contributed by atoms with E-state index in [1.54, 1.807) is 13.0 Å². The summed E-state index contributed by atoms with van der Waals surface area (Å²) in [5.74, 6) is -0.564. The second-order valence-corrected chi connectivity index (χ2v) is 5.52. The summed E-state index contributed by atoms with van der Waals surface area (Å²) in [6.07, 6.45) is -0.199. The maximum Gasteiger partial charge on any atom is 0.446 e. The lowest BCUT2D eigenvalue weighted by atomic mass is 10.1. The molecule has 0 aliphatic carbocycles. The van der Waals surface area contributed by atoms with Crippen molar-refractivity contribution in [2.24, 2.45) is 0 Å². The predicted molar refractivity (Wildman–Crippen MR) is 71.1 cm³/mol. The second kappa shape index (κ2) is 6.99. The summed E-state index contributed by atoms with van der Waals surface area (Å²) in [5.41, 5.74) is -4.13. The quantitative estimate of drug-likeness (QED) is 0.595. The van der Waals surface area contributed by atoms with Gasteiger partial charge in [0, 0.05) is 9.37 Å². The summed E-state index contributed by atoms with van der Waals surface area (Å²) in [4.78, 5) is 11.3. The van der Waals surface area contributed by atoms with Gasteiger partial charge in [-0.1, -0.05) is 0 Å². The molecule has 8 heteroatoms. The minimum Gasteiger partial charge on any atom is -0.466 e. The molecule has 0 radical (unpaired) electrons. The van der Waals surface area contributed by atoms with Crippen LogP contribution in [0.2, 0.25) is 0 Å². The fourth-order valence-electron chi connectivity index (χ4n) is 1.43. The standard InChI is InChI=1S/C12H9BrF3NO2S/c1-2-19-10(18)5-7-3-9(20-12(14,15)16)4-8(6-17)11(7)13/h3-4H,2,5H2,1H3. The fraction of sp³-hybridized carbons (Fsp3) is 0.333. The summed E-state index contributed by atoms with van der Waals surface area (Å²) >= 11 is 2.78. The third-order valence-corrected chi connectivity index (χ3v) is 3.75. The Morgan fingerprint density at radius 1 is 1.50 bits per heavy atom. The van der Waals surface area contributed by atoms with Gasteiger partial charge < -0.3 is 4.74 Å². The first kappa shape index (κ1) is 16.9. The van der Waals surface area contributed by atoms with Crippen molar-refractivity contribution in [2.45, 2.75) is 23.7 Å². The molecule has 108 valence electrons. The number of ether oxygens (including phenoxy) is 1. The largest absolute Gasteiger partial charge is 0.466 e. The van der Waals surface area contributed by atoms with Gasteiger partial charge >= 0.3 is 11.5 Å². The zero-order valence-corrected chi connectivity index (χ0v) is 12.7. The maximum atomic E-state index is 12.4. The topological polar surface area (TPSA) is 50.1 Å². The van der Waals surface area contributed by atoms with Crippen LogP contribution < -0.4 is 0 Å². The van der Waals surface area contributed by atoms with Gasteiger partial charge in [-0.15, -0.1) is 0 Å².